The highest BCUT2D eigenvalue weighted by atomic mass is 32.1. The summed E-state index contributed by atoms with van der Waals surface area (Å²) >= 11 is 1.61. The molecule has 0 aliphatic carbocycles. The smallest absolute Gasteiger partial charge is 0.256 e. The van der Waals surface area contributed by atoms with Gasteiger partial charge in [-0.25, -0.2) is 4.98 Å². The molecule has 156 valence electrons. The lowest BCUT2D eigenvalue weighted by Crippen LogP contribution is -2.13. The lowest BCUT2D eigenvalue weighted by molar-refractivity contribution is 0.102. The van der Waals surface area contributed by atoms with Gasteiger partial charge in [0.25, 0.3) is 5.91 Å². The number of carbonyl (C=O) groups is 1. The summed E-state index contributed by atoms with van der Waals surface area (Å²) in [4.78, 5) is 17.2. The van der Waals surface area contributed by atoms with Gasteiger partial charge in [-0.3, -0.25) is 4.79 Å². The van der Waals surface area contributed by atoms with E-state index in [1.165, 1.54) is 0 Å². The predicted molar refractivity (Wildman–Crippen MR) is 127 cm³/mol. The van der Waals surface area contributed by atoms with Crippen LogP contribution in [0, 0.1) is 0 Å². The van der Waals surface area contributed by atoms with Crippen molar-refractivity contribution in [3.05, 3.63) is 94.9 Å². The van der Waals surface area contributed by atoms with E-state index in [1.807, 2.05) is 78.3 Å². The molecule has 0 bridgehead atoms. The molecule has 0 saturated carbocycles. The van der Waals surface area contributed by atoms with Crippen molar-refractivity contribution < 1.29 is 9.53 Å². The molecule has 5 nitrogen and oxygen atoms in total. The average molecular weight is 430 g/mol. The van der Waals surface area contributed by atoms with Gasteiger partial charge in [0, 0.05) is 35.3 Å². The molecule has 4 rings (SSSR count). The Morgan fingerprint density at radius 3 is 2.42 bits per heavy atom. The van der Waals surface area contributed by atoms with Crippen molar-refractivity contribution in [1.29, 1.82) is 0 Å². The fourth-order valence-corrected chi connectivity index (χ4v) is 3.86. The number of nitrogens with one attached hydrogen (secondary N) is 2. The number of aromatic nitrogens is 1. The van der Waals surface area contributed by atoms with E-state index in [0.717, 1.165) is 46.9 Å². The molecule has 0 unspecified atom stereocenters. The quantitative estimate of drug-likeness (QED) is 0.376. The topological polar surface area (TPSA) is 63.2 Å². The van der Waals surface area contributed by atoms with Gasteiger partial charge >= 0.3 is 0 Å². The molecule has 0 aliphatic heterocycles. The van der Waals surface area contributed by atoms with E-state index in [-0.39, 0.29) is 5.91 Å². The van der Waals surface area contributed by atoms with Gasteiger partial charge < -0.3 is 15.4 Å². The molecule has 1 aromatic heterocycles. The molecule has 4 aromatic rings. The van der Waals surface area contributed by atoms with E-state index in [4.69, 9.17) is 4.74 Å². The number of methoxy groups -OCH3 is 1. The summed E-state index contributed by atoms with van der Waals surface area (Å²) in [5.41, 5.74) is 7.16. The summed E-state index contributed by atoms with van der Waals surface area (Å²) < 4.78 is 5.23. The Hall–Kier alpha value is -3.64. The summed E-state index contributed by atoms with van der Waals surface area (Å²) in [7, 11) is 1.64. The van der Waals surface area contributed by atoms with Crippen LogP contribution in [0.4, 0.5) is 11.4 Å². The minimum atomic E-state index is -0.143. The van der Waals surface area contributed by atoms with E-state index in [1.54, 1.807) is 18.4 Å². The molecule has 0 saturated heterocycles. The van der Waals surface area contributed by atoms with Crippen LogP contribution in [-0.4, -0.2) is 24.5 Å². The number of carbonyl (C=O) groups excluding carboxylic acids is 1. The van der Waals surface area contributed by atoms with Crippen molar-refractivity contribution >= 4 is 28.6 Å². The summed E-state index contributed by atoms with van der Waals surface area (Å²) in [6.45, 7) is 0.810. The highest BCUT2D eigenvalue weighted by Crippen LogP contribution is 2.26. The number of hydrogen-bond acceptors (Lipinski definition) is 5. The molecular formula is C25H23N3O2S. The molecule has 1 heterocycles. The Morgan fingerprint density at radius 1 is 0.968 bits per heavy atom. The van der Waals surface area contributed by atoms with Crippen LogP contribution in [0.2, 0.25) is 0 Å². The summed E-state index contributed by atoms with van der Waals surface area (Å²) in [6.07, 6.45) is 0.879. The molecule has 2 N–H and O–H groups in total. The minimum absolute atomic E-state index is 0.143. The number of benzene rings is 3. The lowest BCUT2D eigenvalue weighted by atomic mass is 9.99. The number of hydrogen-bond donors (Lipinski definition) is 2. The fraction of sp³-hybridized carbons (Fsp3) is 0.120. The Bertz CT molecular complexity index is 1120. The van der Waals surface area contributed by atoms with E-state index in [9.17, 15) is 4.79 Å². The number of nitrogens with zero attached hydrogens (tertiary/aromatic N) is 1. The van der Waals surface area contributed by atoms with Crippen LogP contribution < -0.4 is 15.4 Å². The van der Waals surface area contributed by atoms with Crippen LogP contribution in [0.15, 0.2) is 83.7 Å². The van der Waals surface area contributed by atoms with Crippen molar-refractivity contribution in [3.8, 4) is 16.9 Å². The second kappa shape index (κ2) is 9.91. The van der Waals surface area contributed by atoms with Gasteiger partial charge in [0.15, 0.2) is 0 Å². The first-order chi connectivity index (χ1) is 15.2. The van der Waals surface area contributed by atoms with Crippen LogP contribution in [0.1, 0.15) is 16.1 Å². The normalized spacial score (nSPS) is 10.5. The lowest BCUT2D eigenvalue weighted by Gasteiger charge is -2.12. The van der Waals surface area contributed by atoms with E-state index in [0.29, 0.717) is 5.56 Å². The summed E-state index contributed by atoms with van der Waals surface area (Å²) in [6, 6.07) is 23.0. The van der Waals surface area contributed by atoms with E-state index < -0.39 is 0 Å². The molecule has 0 atom stereocenters. The zero-order chi connectivity index (χ0) is 21.5. The van der Waals surface area contributed by atoms with Crippen molar-refractivity contribution in [2.75, 3.05) is 24.3 Å². The van der Waals surface area contributed by atoms with Gasteiger partial charge in [0.2, 0.25) is 0 Å². The molecule has 0 aliphatic rings. The number of ether oxygens (including phenoxy) is 1. The van der Waals surface area contributed by atoms with Gasteiger partial charge in [-0.2, -0.15) is 0 Å². The second-order valence-electron chi connectivity index (χ2n) is 6.96. The van der Waals surface area contributed by atoms with Gasteiger partial charge in [-0.15, -0.1) is 11.3 Å². The SMILES string of the molecule is COc1ccc(-c2ccccc2C(=O)Nc2ccc(NCCc3cscn3)cc2)cc1. The van der Waals surface area contributed by atoms with E-state index in [2.05, 4.69) is 21.0 Å². The second-order valence-corrected chi connectivity index (χ2v) is 7.68. The Labute approximate surface area is 185 Å². The van der Waals surface area contributed by atoms with Crippen molar-refractivity contribution in [2.45, 2.75) is 6.42 Å². The third-order valence-corrected chi connectivity index (χ3v) is 5.54. The zero-order valence-corrected chi connectivity index (χ0v) is 18.0. The first kappa shape index (κ1) is 20.6. The molecular weight excluding hydrogens is 406 g/mol. The average Bonchev–Trinajstić information content (AvgIpc) is 3.34. The maximum atomic E-state index is 13.0. The highest BCUT2D eigenvalue weighted by molar-refractivity contribution is 7.07. The molecule has 3 aromatic carbocycles. The standard InChI is InChI=1S/C25H23N3O2S/c1-30-22-12-6-18(7-13-22)23-4-2-3-5-24(23)25(29)28-20-10-8-19(9-11-20)26-15-14-21-16-31-17-27-21/h2-13,16-17,26H,14-15H2,1H3,(H,28,29). The zero-order valence-electron chi connectivity index (χ0n) is 17.2. The van der Waals surface area contributed by atoms with Crippen LogP contribution in [-0.2, 0) is 6.42 Å². The number of anilines is 2. The highest BCUT2D eigenvalue weighted by Gasteiger charge is 2.13. The molecule has 31 heavy (non-hydrogen) atoms. The number of amides is 1. The number of rotatable bonds is 8. The maximum Gasteiger partial charge on any atom is 0.256 e. The van der Waals surface area contributed by atoms with Gasteiger partial charge in [0.1, 0.15) is 5.75 Å². The monoisotopic (exact) mass is 429 g/mol. The van der Waals surface area contributed by atoms with Crippen LogP contribution in [0.3, 0.4) is 0 Å². The van der Waals surface area contributed by atoms with E-state index >= 15 is 0 Å². The Kier molecular flexibility index (Phi) is 6.59. The minimum Gasteiger partial charge on any atom is -0.497 e. The Balaban J connectivity index is 1.41. The van der Waals surface area contributed by atoms with Gasteiger partial charge in [-0.1, -0.05) is 30.3 Å². The summed E-state index contributed by atoms with van der Waals surface area (Å²) in [5, 5.41) is 8.43. The van der Waals surface area contributed by atoms with Crippen molar-refractivity contribution in [2.24, 2.45) is 0 Å². The summed E-state index contributed by atoms with van der Waals surface area (Å²) in [5.74, 6) is 0.640. The first-order valence-electron chi connectivity index (χ1n) is 9.99. The van der Waals surface area contributed by atoms with Gasteiger partial charge in [0.05, 0.1) is 18.3 Å². The van der Waals surface area contributed by atoms with Crippen LogP contribution >= 0.6 is 11.3 Å². The maximum absolute atomic E-state index is 13.0. The van der Waals surface area contributed by atoms with Crippen LogP contribution in [0.25, 0.3) is 11.1 Å². The fourth-order valence-electron chi connectivity index (χ4n) is 3.27. The first-order valence-corrected chi connectivity index (χ1v) is 10.9. The Morgan fingerprint density at radius 2 is 1.71 bits per heavy atom. The molecule has 0 fully saturated rings. The number of thiazole rings is 1. The molecule has 1 amide bonds. The third kappa shape index (κ3) is 5.29. The molecule has 0 spiro atoms. The van der Waals surface area contributed by atoms with Crippen molar-refractivity contribution in [1.82, 2.24) is 4.98 Å². The molecule has 0 radical (unpaired) electrons. The van der Waals surface area contributed by atoms with Crippen LogP contribution in [0.5, 0.6) is 5.75 Å². The third-order valence-electron chi connectivity index (χ3n) is 4.91. The predicted octanol–water partition coefficient (Wildman–Crippen LogP) is 5.73. The largest absolute Gasteiger partial charge is 0.497 e. The van der Waals surface area contributed by atoms with Crippen molar-refractivity contribution in [3.63, 3.8) is 0 Å². The molecule has 6 heteroatoms. The van der Waals surface area contributed by atoms with Gasteiger partial charge in [-0.05, 0) is 53.6 Å².